The maximum Gasteiger partial charge on any atom is 0.251 e. The van der Waals surface area contributed by atoms with E-state index in [1.807, 2.05) is 0 Å². The second-order valence-electron chi connectivity index (χ2n) is 7.37. The molecule has 4 rings (SSSR count). The summed E-state index contributed by atoms with van der Waals surface area (Å²) in [6, 6.07) is 9.75. The van der Waals surface area contributed by atoms with Gasteiger partial charge in [-0.3, -0.25) is 4.79 Å². The zero-order valence-electron chi connectivity index (χ0n) is 16.4. The SMILES string of the molecule is O=C(NCc1cn2cc(Cl)ccc2n1)c1cccc(S(=O)(=O)N2CCCCCC2)c1. The minimum atomic E-state index is -3.60. The van der Waals surface area contributed by atoms with Crippen molar-refractivity contribution in [1.82, 2.24) is 19.0 Å². The van der Waals surface area contributed by atoms with Crippen molar-refractivity contribution < 1.29 is 13.2 Å². The highest BCUT2D eigenvalue weighted by atomic mass is 35.5. The van der Waals surface area contributed by atoms with Gasteiger partial charge in [0.2, 0.25) is 10.0 Å². The molecule has 1 amide bonds. The van der Waals surface area contributed by atoms with Crippen molar-refractivity contribution in [3.05, 3.63) is 65.1 Å². The second kappa shape index (κ2) is 8.75. The predicted octanol–water partition coefficient (Wildman–Crippen LogP) is 3.48. The standard InChI is InChI=1S/C21H23ClN4O3S/c22-17-8-9-20-24-18(15-25(20)14-17)13-23-21(27)16-6-5-7-19(12-16)30(28,29)26-10-3-1-2-4-11-26/h5-9,12,14-15H,1-4,10-11,13H2,(H,23,27). The predicted molar refractivity (Wildman–Crippen MR) is 115 cm³/mol. The van der Waals surface area contributed by atoms with Crippen LogP contribution in [0.5, 0.6) is 0 Å². The fourth-order valence-corrected chi connectivity index (χ4v) is 5.34. The first-order chi connectivity index (χ1) is 14.4. The van der Waals surface area contributed by atoms with E-state index in [1.165, 1.54) is 10.4 Å². The van der Waals surface area contributed by atoms with Crippen LogP contribution in [0.1, 0.15) is 41.7 Å². The molecule has 1 N–H and O–H groups in total. The van der Waals surface area contributed by atoms with Crippen LogP contribution in [0, 0.1) is 0 Å². The van der Waals surface area contributed by atoms with Gasteiger partial charge in [0.05, 0.1) is 22.2 Å². The topological polar surface area (TPSA) is 83.8 Å². The molecule has 0 aliphatic carbocycles. The number of hydrogen-bond acceptors (Lipinski definition) is 4. The summed E-state index contributed by atoms with van der Waals surface area (Å²) in [6.45, 7) is 1.27. The van der Waals surface area contributed by atoms with Gasteiger partial charge >= 0.3 is 0 Å². The molecule has 30 heavy (non-hydrogen) atoms. The van der Waals surface area contributed by atoms with Gasteiger partial charge in [0.1, 0.15) is 5.65 Å². The third-order valence-corrected chi connectivity index (χ3v) is 7.31. The molecule has 0 spiro atoms. The summed E-state index contributed by atoms with van der Waals surface area (Å²) < 4.78 is 29.3. The molecule has 1 aromatic carbocycles. The molecule has 1 fully saturated rings. The number of benzene rings is 1. The number of pyridine rings is 1. The Hall–Kier alpha value is -2.42. The summed E-state index contributed by atoms with van der Waals surface area (Å²) in [6.07, 6.45) is 7.36. The van der Waals surface area contributed by atoms with E-state index in [1.54, 1.807) is 47.1 Å². The smallest absolute Gasteiger partial charge is 0.251 e. The molecule has 7 nitrogen and oxygen atoms in total. The van der Waals surface area contributed by atoms with E-state index in [0.717, 1.165) is 31.3 Å². The molecule has 1 saturated heterocycles. The van der Waals surface area contributed by atoms with Crippen LogP contribution >= 0.6 is 11.6 Å². The minimum absolute atomic E-state index is 0.152. The molecule has 9 heteroatoms. The number of hydrogen-bond donors (Lipinski definition) is 1. The van der Waals surface area contributed by atoms with Gasteiger partial charge < -0.3 is 9.72 Å². The van der Waals surface area contributed by atoms with Crippen molar-refractivity contribution >= 4 is 33.2 Å². The van der Waals surface area contributed by atoms with Gasteiger partial charge in [0.15, 0.2) is 0 Å². The summed E-state index contributed by atoms with van der Waals surface area (Å²) in [5.41, 5.74) is 1.71. The Bertz CT molecular complexity index is 1170. The van der Waals surface area contributed by atoms with Crippen LogP contribution in [0.4, 0.5) is 0 Å². The first kappa shape index (κ1) is 20.8. The third kappa shape index (κ3) is 4.50. The number of imidazole rings is 1. The molecule has 0 bridgehead atoms. The van der Waals surface area contributed by atoms with Gasteiger partial charge in [-0.05, 0) is 43.2 Å². The first-order valence-electron chi connectivity index (χ1n) is 9.95. The third-order valence-electron chi connectivity index (χ3n) is 5.19. The van der Waals surface area contributed by atoms with Gasteiger partial charge in [-0.1, -0.05) is 30.5 Å². The summed E-state index contributed by atoms with van der Waals surface area (Å²) >= 11 is 5.98. The van der Waals surface area contributed by atoms with Gasteiger partial charge in [0.25, 0.3) is 5.91 Å². The van der Waals surface area contributed by atoms with Crippen LogP contribution in [-0.4, -0.2) is 41.1 Å². The van der Waals surface area contributed by atoms with Crippen LogP contribution in [0.25, 0.3) is 5.65 Å². The summed E-state index contributed by atoms with van der Waals surface area (Å²) in [5.74, 6) is -0.349. The van der Waals surface area contributed by atoms with Crippen LogP contribution in [-0.2, 0) is 16.6 Å². The highest BCUT2D eigenvalue weighted by Gasteiger charge is 2.25. The fourth-order valence-electron chi connectivity index (χ4n) is 3.60. The van der Waals surface area contributed by atoms with E-state index >= 15 is 0 Å². The molecule has 1 aliphatic heterocycles. The number of rotatable bonds is 5. The normalized spacial score (nSPS) is 15.8. The quantitative estimate of drug-likeness (QED) is 0.650. The number of carbonyl (C=O) groups is 1. The average Bonchev–Trinajstić information content (AvgIpc) is 2.94. The number of amides is 1. The van der Waals surface area contributed by atoms with Crippen LogP contribution in [0.15, 0.2) is 53.7 Å². The number of nitrogens with one attached hydrogen (secondary N) is 1. The molecule has 0 unspecified atom stereocenters. The lowest BCUT2D eigenvalue weighted by molar-refractivity contribution is 0.0950. The Labute approximate surface area is 180 Å². The van der Waals surface area contributed by atoms with Gasteiger partial charge in [0, 0.05) is 31.0 Å². The Morgan fingerprint density at radius 2 is 1.83 bits per heavy atom. The van der Waals surface area contributed by atoms with Crippen molar-refractivity contribution in [1.29, 1.82) is 0 Å². The van der Waals surface area contributed by atoms with Crippen molar-refractivity contribution in [3.8, 4) is 0 Å². The highest BCUT2D eigenvalue weighted by Crippen LogP contribution is 2.21. The largest absolute Gasteiger partial charge is 0.346 e. The lowest BCUT2D eigenvalue weighted by Gasteiger charge is -2.20. The molecule has 3 heterocycles. The van der Waals surface area contributed by atoms with E-state index in [0.29, 0.717) is 29.4 Å². The molecule has 0 radical (unpaired) electrons. The summed E-state index contributed by atoms with van der Waals surface area (Å²) in [7, 11) is -3.60. The average molecular weight is 447 g/mol. The fraction of sp³-hybridized carbons (Fsp3) is 0.333. The van der Waals surface area contributed by atoms with Crippen LogP contribution in [0.3, 0.4) is 0 Å². The number of halogens is 1. The maximum atomic E-state index is 13.0. The number of sulfonamides is 1. The molecule has 1 aliphatic rings. The van der Waals surface area contributed by atoms with E-state index < -0.39 is 10.0 Å². The number of fused-ring (bicyclic) bond motifs is 1. The Morgan fingerprint density at radius 1 is 1.07 bits per heavy atom. The number of aromatic nitrogens is 2. The van der Waals surface area contributed by atoms with Gasteiger partial charge in [-0.15, -0.1) is 0 Å². The van der Waals surface area contributed by atoms with Crippen molar-refractivity contribution in [2.75, 3.05) is 13.1 Å². The summed E-state index contributed by atoms with van der Waals surface area (Å²) in [4.78, 5) is 17.2. The van der Waals surface area contributed by atoms with Crippen molar-refractivity contribution in [2.24, 2.45) is 0 Å². The maximum absolute atomic E-state index is 13.0. The zero-order chi connectivity index (χ0) is 21.1. The lowest BCUT2D eigenvalue weighted by atomic mass is 10.2. The van der Waals surface area contributed by atoms with E-state index in [-0.39, 0.29) is 17.3 Å². The molecule has 158 valence electrons. The summed E-state index contributed by atoms with van der Waals surface area (Å²) in [5, 5.41) is 3.40. The second-order valence-corrected chi connectivity index (χ2v) is 9.75. The molecule has 2 aromatic heterocycles. The number of carbonyl (C=O) groups excluding carboxylic acids is 1. The molecule has 0 saturated carbocycles. The first-order valence-corrected chi connectivity index (χ1v) is 11.8. The van der Waals surface area contributed by atoms with Crippen LogP contribution < -0.4 is 5.32 Å². The minimum Gasteiger partial charge on any atom is -0.346 e. The van der Waals surface area contributed by atoms with E-state index in [9.17, 15) is 13.2 Å². The Morgan fingerprint density at radius 3 is 2.60 bits per heavy atom. The molecule has 0 atom stereocenters. The molecule has 3 aromatic rings. The Balaban J connectivity index is 1.47. The Kier molecular flexibility index (Phi) is 6.08. The van der Waals surface area contributed by atoms with Crippen molar-refractivity contribution in [3.63, 3.8) is 0 Å². The van der Waals surface area contributed by atoms with E-state index in [2.05, 4.69) is 10.3 Å². The monoisotopic (exact) mass is 446 g/mol. The van der Waals surface area contributed by atoms with E-state index in [4.69, 9.17) is 11.6 Å². The molecular formula is C21H23ClN4O3S. The van der Waals surface area contributed by atoms with Gasteiger partial charge in [-0.25, -0.2) is 13.4 Å². The van der Waals surface area contributed by atoms with Gasteiger partial charge in [-0.2, -0.15) is 4.31 Å². The van der Waals surface area contributed by atoms with Crippen molar-refractivity contribution in [2.45, 2.75) is 37.1 Å². The van der Waals surface area contributed by atoms with Crippen LogP contribution in [0.2, 0.25) is 5.02 Å². The highest BCUT2D eigenvalue weighted by molar-refractivity contribution is 7.89. The molecular weight excluding hydrogens is 424 g/mol. The number of nitrogens with zero attached hydrogens (tertiary/aromatic N) is 3. The zero-order valence-corrected chi connectivity index (χ0v) is 18.0. The lowest BCUT2D eigenvalue weighted by Crippen LogP contribution is -2.32.